The minimum atomic E-state index is -0.444. The Labute approximate surface area is 139 Å². The van der Waals surface area contributed by atoms with Crippen LogP contribution in [0.5, 0.6) is 5.75 Å². The van der Waals surface area contributed by atoms with Crippen molar-refractivity contribution in [2.24, 2.45) is 0 Å². The standard InChI is InChI=1S/C16H26N2O3.ClH/c1-4-5-6-11-20-15-9-7-8-14(13-15)17-16(19)21-12-10-18(2)3;/h7-9,13H,4-6,10-12H2,1-3H3,(H,17,19);1H. The quantitative estimate of drug-likeness (QED) is 0.700. The fraction of sp³-hybridized carbons (Fsp3) is 0.562. The van der Waals surface area contributed by atoms with E-state index in [0.29, 0.717) is 25.4 Å². The van der Waals surface area contributed by atoms with Crippen LogP contribution in [0.4, 0.5) is 10.5 Å². The molecule has 0 unspecified atom stereocenters. The summed E-state index contributed by atoms with van der Waals surface area (Å²) in [6, 6.07) is 7.35. The lowest BCUT2D eigenvalue weighted by atomic mass is 10.2. The number of halogens is 1. The van der Waals surface area contributed by atoms with Crippen LogP contribution in [0.25, 0.3) is 0 Å². The summed E-state index contributed by atoms with van der Waals surface area (Å²) in [4.78, 5) is 13.6. The molecule has 0 aliphatic rings. The summed E-state index contributed by atoms with van der Waals surface area (Å²) in [6.07, 6.45) is 2.93. The van der Waals surface area contributed by atoms with Gasteiger partial charge in [-0.2, -0.15) is 0 Å². The molecule has 1 rings (SSSR count). The molecule has 0 bridgehead atoms. The van der Waals surface area contributed by atoms with Crippen LogP contribution in [0, 0.1) is 0 Å². The van der Waals surface area contributed by atoms with Gasteiger partial charge in [0, 0.05) is 18.3 Å². The van der Waals surface area contributed by atoms with Crippen molar-refractivity contribution >= 4 is 24.2 Å². The molecule has 0 aromatic heterocycles. The molecule has 0 aliphatic carbocycles. The maximum Gasteiger partial charge on any atom is 0.411 e. The molecule has 0 radical (unpaired) electrons. The van der Waals surface area contributed by atoms with Gasteiger partial charge in [0.15, 0.2) is 0 Å². The van der Waals surface area contributed by atoms with Crippen LogP contribution in [0.2, 0.25) is 0 Å². The van der Waals surface area contributed by atoms with Crippen LogP contribution in [0.3, 0.4) is 0 Å². The van der Waals surface area contributed by atoms with Gasteiger partial charge >= 0.3 is 6.09 Å². The van der Waals surface area contributed by atoms with E-state index in [1.165, 1.54) is 6.42 Å². The van der Waals surface area contributed by atoms with E-state index in [1.54, 1.807) is 6.07 Å². The average molecular weight is 331 g/mol. The molecule has 0 aliphatic heterocycles. The molecule has 0 saturated heterocycles. The molecule has 0 atom stereocenters. The molecule has 0 heterocycles. The van der Waals surface area contributed by atoms with Crippen LogP contribution < -0.4 is 10.1 Å². The third-order valence-corrected chi connectivity index (χ3v) is 2.87. The highest BCUT2D eigenvalue weighted by Gasteiger charge is 2.04. The molecule has 1 aromatic rings. The Morgan fingerprint density at radius 1 is 1.23 bits per heavy atom. The average Bonchev–Trinajstić information content (AvgIpc) is 2.43. The number of carbonyl (C=O) groups excluding carboxylic acids is 1. The second-order valence-corrected chi connectivity index (χ2v) is 5.15. The number of likely N-dealkylation sites (N-methyl/N-ethyl adjacent to an activating group) is 1. The van der Waals surface area contributed by atoms with Crippen LogP contribution in [-0.4, -0.2) is 44.8 Å². The van der Waals surface area contributed by atoms with E-state index < -0.39 is 6.09 Å². The van der Waals surface area contributed by atoms with Crippen molar-refractivity contribution in [1.82, 2.24) is 4.90 Å². The lowest BCUT2D eigenvalue weighted by Gasteiger charge is -2.11. The van der Waals surface area contributed by atoms with E-state index in [1.807, 2.05) is 37.2 Å². The number of hydrogen-bond donors (Lipinski definition) is 1. The number of benzene rings is 1. The maximum absolute atomic E-state index is 11.6. The first kappa shape index (κ1) is 20.5. The van der Waals surface area contributed by atoms with Crippen LogP contribution >= 0.6 is 12.4 Å². The Bertz CT molecular complexity index is 428. The number of amides is 1. The summed E-state index contributed by atoms with van der Waals surface area (Å²) < 4.78 is 10.7. The normalized spacial score (nSPS) is 10.0. The summed E-state index contributed by atoms with van der Waals surface area (Å²) in [5.74, 6) is 0.761. The molecule has 0 spiro atoms. The number of rotatable bonds is 9. The Hall–Kier alpha value is -1.46. The van der Waals surface area contributed by atoms with Crippen LogP contribution in [0.15, 0.2) is 24.3 Å². The van der Waals surface area contributed by atoms with E-state index in [9.17, 15) is 4.79 Å². The van der Waals surface area contributed by atoms with E-state index in [4.69, 9.17) is 9.47 Å². The van der Waals surface area contributed by atoms with E-state index in [0.717, 1.165) is 18.6 Å². The smallest absolute Gasteiger partial charge is 0.411 e. The molecular formula is C16H27ClN2O3. The SMILES string of the molecule is CCCCCOc1cccc(NC(=O)OCCN(C)C)c1.Cl. The first-order valence-electron chi connectivity index (χ1n) is 7.43. The Balaban J connectivity index is 0.00000441. The highest BCUT2D eigenvalue weighted by molar-refractivity contribution is 5.85. The van der Waals surface area contributed by atoms with Gasteiger partial charge in [-0.15, -0.1) is 12.4 Å². The van der Waals surface area contributed by atoms with Crippen LogP contribution in [-0.2, 0) is 4.74 Å². The van der Waals surface area contributed by atoms with Gasteiger partial charge in [-0.25, -0.2) is 4.79 Å². The van der Waals surface area contributed by atoms with Gasteiger partial charge in [0.25, 0.3) is 0 Å². The number of nitrogens with zero attached hydrogens (tertiary/aromatic N) is 1. The Morgan fingerprint density at radius 2 is 2.00 bits per heavy atom. The Morgan fingerprint density at radius 3 is 2.68 bits per heavy atom. The second kappa shape index (κ2) is 12.1. The number of hydrogen-bond acceptors (Lipinski definition) is 4. The van der Waals surface area contributed by atoms with Gasteiger partial charge in [0.1, 0.15) is 12.4 Å². The largest absolute Gasteiger partial charge is 0.494 e. The number of nitrogens with one attached hydrogen (secondary N) is 1. The van der Waals surface area contributed by atoms with Crippen molar-refractivity contribution in [3.05, 3.63) is 24.3 Å². The zero-order chi connectivity index (χ0) is 15.5. The van der Waals surface area contributed by atoms with Gasteiger partial charge < -0.3 is 14.4 Å². The summed E-state index contributed by atoms with van der Waals surface area (Å²) in [6.45, 7) is 3.93. The van der Waals surface area contributed by atoms with Gasteiger partial charge in [-0.1, -0.05) is 25.8 Å². The monoisotopic (exact) mass is 330 g/mol. The summed E-state index contributed by atoms with van der Waals surface area (Å²) in [5.41, 5.74) is 0.679. The third-order valence-electron chi connectivity index (χ3n) is 2.87. The summed E-state index contributed by atoms with van der Waals surface area (Å²) >= 11 is 0. The molecule has 22 heavy (non-hydrogen) atoms. The fourth-order valence-corrected chi connectivity index (χ4v) is 1.68. The lowest BCUT2D eigenvalue weighted by molar-refractivity contribution is 0.151. The van der Waals surface area contributed by atoms with E-state index in [-0.39, 0.29) is 12.4 Å². The number of anilines is 1. The van der Waals surface area contributed by atoms with Crippen molar-refractivity contribution in [3.63, 3.8) is 0 Å². The number of ether oxygens (including phenoxy) is 2. The second-order valence-electron chi connectivity index (χ2n) is 5.15. The number of carbonyl (C=O) groups is 1. The first-order valence-corrected chi connectivity index (χ1v) is 7.43. The van der Waals surface area contributed by atoms with Crippen molar-refractivity contribution in [1.29, 1.82) is 0 Å². The molecule has 6 heteroatoms. The maximum atomic E-state index is 11.6. The summed E-state index contributed by atoms with van der Waals surface area (Å²) in [5, 5.41) is 2.70. The van der Waals surface area contributed by atoms with Crippen molar-refractivity contribution in [2.75, 3.05) is 39.2 Å². The minimum Gasteiger partial charge on any atom is -0.494 e. The van der Waals surface area contributed by atoms with Gasteiger partial charge in [0.05, 0.1) is 6.61 Å². The van der Waals surface area contributed by atoms with E-state index >= 15 is 0 Å². The number of unbranched alkanes of at least 4 members (excludes halogenated alkanes) is 2. The zero-order valence-electron chi connectivity index (χ0n) is 13.6. The molecule has 5 nitrogen and oxygen atoms in total. The zero-order valence-corrected chi connectivity index (χ0v) is 14.4. The lowest BCUT2D eigenvalue weighted by Crippen LogP contribution is -2.22. The van der Waals surface area contributed by atoms with Gasteiger partial charge in [0.2, 0.25) is 0 Å². The Kier molecular flexibility index (Phi) is 11.3. The molecule has 1 aromatic carbocycles. The highest BCUT2D eigenvalue weighted by Crippen LogP contribution is 2.18. The fourth-order valence-electron chi connectivity index (χ4n) is 1.68. The molecule has 0 fully saturated rings. The first-order chi connectivity index (χ1) is 10.1. The topological polar surface area (TPSA) is 50.8 Å². The van der Waals surface area contributed by atoms with E-state index in [2.05, 4.69) is 12.2 Å². The minimum absolute atomic E-state index is 0. The van der Waals surface area contributed by atoms with Crippen molar-refractivity contribution in [2.45, 2.75) is 26.2 Å². The molecule has 1 N–H and O–H groups in total. The molecule has 0 saturated carbocycles. The predicted octanol–water partition coefficient (Wildman–Crippen LogP) is 3.79. The van der Waals surface area contributed by atoms with Gasteiger partial charge in [-0.05, 0) is 32.6 Å². The van der Waals surface area contributed by atoms with Gasteiger partial charge in [-0.3, -0.25) is 5.32 Å². The molecule has 1 amide bonds. The van der Waals surface area contributed by atoms with Crippen molar-refractivity contribution in [3.8, 4) is 5.75 Å². The third kappa shape index (κ3) is 9.47. The summed E-state index contributed by atoms with van der Waals surface area (Å²) in [7, 11) is 3.86. The molecule has 126 valence electrons. The van der Waals surface area contributed by atoms with Crippen molar-refractivity contribution < 1.29 is 14.3 Å². The van der Waals surface area contributed by atoms with Crippen LogP contribution in [0.1, 0.15) is 26.2 Å². The highest BCUT2D eigenvalue weighted by atomic mass is 35.5. The predicted molar refractivity (Wildman–Crippen MR) is 92.2 cm³/mol. The molecular weight excluding hydrogens is 304 g/mol.